The molecule has 1 amide bonds. The van der Waals surface area contributed by atoms with Gasteiger partial charge in [-0.25, -0.2) is 4.98 Å². The van der Waals surface area contributed by atoms with E-state index in [9.17, 15) is 4.79 Å². The van der Waals surface area contributed by atoms with Gasteiger partial charge in [-0.1, -0.05) is 18.9 Å². The molecule has 0 spiro atoms. The predicted octanol–water partition coefficient (Wildman–Crippen LogP) is 0.762. The van der Waals surface area contributed by atoms with Crippen LogP contribution in [0.4, 0.5) is 5.82 Å². The Morgan fingerprint density at radius 2 is 2.20 bits per heavy atom. The molecule has 1 aromatic heterocycles. The maximum absolute atomic E-state index is 11.9. The first kappa shape index (κ1) is 14.7. The summed E-state index contributed by atoms with van der Waals surface area (Å²) >= 11 is 0. The lowest BCUT2D eigenvalue weighted by atomic mass is 10.2. The number of anilines is 1. The maximum Gasteiger partial charge on any atom is 0.252 e. The number of nitrogens with zero attached hydrogens (tertiary/aromatic N) is 2. The van der Waals surface area contributed by atoms with E-state index in [2.05, 4.69) is 20.7 Å². The summed E-state index contributed by atoms with van der Waals surface area (Å²) in [6, 6.07) is 5.86. The molecule has 1 fully saturated rings. The highest BCUT2D eigenvalue weighted by Gasteiger charge is 2.23. The average Bonchev–Trinajstić information content (AvgIpc) is 3.00. The summed E-state index contributed by atoms with van der Waals surface area (Å²) in [6.07, 6.45) is 6.30. The van der Waals surface area contributed by atoms with Gasteiger partial charge in [0.05, 0.1) is 13.2 Å². The van der Waals surface area contributed by atoms with Gasteiger partial charge in [0.2, 0.25) is 0 Å². The number of aliphatic hydroxyl groups is 1. The summed E-state index contributed by atoms with van der Waals surface area (Å²) in [6.45, 7) is 0.921. The molecule has 1 saturated carbocycles. The zero-order valence-corrected chi connectivity index (χ0v) is 11.6. The molecule has 0 unspecified atom stereocenters. The molecule has 6 nitrogen and oxygen atoms in total. The van der Waals surface area contributed by atoms with Crippen molar-refractivity contribution in [3.8, 4) is 0 Å². The fourth-order valence-corrected chi connectivity index (χ4v) is 2.58. The zero-order valence-electron chi connectivity index (χ0n) is 11.6. The van der Waals surface area contributed by atoms with Crippen molar-refractivity contribution in [2.45, 2.75) is 31.7 Å². The molecule has 1 aliphatic carbocycles. The Balaban J connectivity index is 1.78. The summed E-state index contributed by atoms with van der Waals surface area (Å²) in [5, 5.41) is 9.12. The highest BCUT2D eigenvalue weighted by molar-refractivity contribution is 5.79. The minimum Gasteiger partial charge on any atom is -0.395 e. The third-order valence-electron chi connectivity index (χ3n) is 3.57. The van der Waals surface area contributed by atoms with Gasteiger partial charge < -0.3 is 5.11 Å². The highest BCUT2D eigenvalue weighted by atomic mass is 16.3. The van der Waals surface area contributed by atoms with Crippen molar-refractivity contribution in [3.05, 3.63) is 24.4 Å². The van der Waals surface area contributed by atoms with E-state index < -0.39 is 0 Å². The largest absolute Gasteiger partial charge is 0.395 e. The molecule has 110 valence electrons. The van der Waals surface area contributed by atoms with E-state index in [1.165, 1.54) is 12.8 Å². The van der Waals surface area contributed by atoms with Crippen molar-refractivity contribution in [2.75, 3.05) is 25.1 Å². The number of hydrogen-bond donors (Lipinski definition) is 3. The highest BCUT2D eigenvalue weighted by Crippen LogP contribution is 2.22. The molecule has 0 aromatic carbocycles. The minimum absolute atomic E-state index is 0.0808. The predicted molar refractivity (Wildman–Crippen MR) is 76.9 cm³/mol. The van der Waals surface area contributed by atoms with Crippen molar-refractivity contribution in [1.29, 1.82) is 0 Å². The lowest BCUT2D eigenvalue weighted by Crippen LogP contribution is -2.44. The minimum atomic E-state index is -0.115. The van der Waals surface area contributed by atoms with Gasteiger partial charge in [0.15, 0.2) is 0 Å². The number of carbonyl (C=O) groups excluding carboxylic acids is 1. The molecule has 6 heteroatoms. The van der Waals surface area contributed by atoms with Crippen LogP contribution < -0.4 is 10.9 Å². The quantitative estimate of drug-likeness (QED) is 0.642. The molecular formula is C14H22N4O2. The van der Waals surface area contributed by atoms with Crippen LogP contribution in [0.2, 0.25) is 0 Å². The van der Waals surface area contributed by atoms with E-state index in [1.54, 1.807) is 12.3 Å². The normalized spacial score (nSPS) is 15.5. The lowest BCUT2D eigenvalue weighted by molar-refractivity contribution is -0.122. The van der Waals surface area contributed by atoms with E-state index in [-0.39, 0.29) is 12.5 Å². The molecule has 0 aliphatic heterocycles. The van der Waals surface area contributed by atoms with Crippen LogP contribution in [-0.2, 0) is 4.79 Å². The molecule has 20 heavy (non-hydrogen) atoms. The first-order valence-electron chi connectivity index (χ1n) is 7.10. The van der Waals surface area contributed by atoms with Crippen molar-refractivity contribution >= 4 is 11.7 Å². The van der Waals surface area contributed by atoms with Gasteiger partial charge >= 0.3 is 0 Å². The smallest absolute Gasteiger partial charge is 0.252 e. The van der Waals surface area contributed by atoms with Crippen LogP contribution in [0.25, 0.3) is 0 Å². The summed E-state index contributed by atoms with van der Waals surface area (Å²) in [5.74, 6) is 0.492. The Hall–Kier alpha value is -1.66. The number of aromatic nitrogens is 1. The molecule has 1 aromatic rings. The van der Waals surface area contributed by atoms with Gasteiger partial charge in [-0.3, -0.25) is 20.5 Å². The van der Waals surface area contributed by atoms with Gasteiger partial charge in [-0.2, -0.15) is 0 Å². The van der Waals surface area contributed by atoms with Gasteiger partial charge in [-0.15, -0.1) is 0 Å². The van der Waals surface area contributed by atoms with Crippen molar-refractivity contribution < 1.29 is 9.90 Å². The van der Waals surface area contributed by atoms with Crippen LogP contribution in [0.15, 0.2) is 24.4 Å². The van der Waals surface area contributed by atoms with Crippen molar-refractivity contribution in [3.63, 3.8) is 0 Å². The fourth-order valence-electron chi connectivity index (χ4n) is 2.58. The third kappa shape index (κ3) is 4.47. The molecular weight excluding hydrogens is 256 g/mol. The van der Waals surface area contributed by atoms with Crippen LogP contribution in [0.5, 0.6) is 0 Å². The van der Waals surface area contributed by atoms with E-state index >= 15 is 0 Å². The Morgan fingerprint density at radius 1 is 1.40 bits per heavy atom. The molecule has 1 aliphatic rings. The van der Waals surface area contributed by atoms with E-state index in [0.29, 0.717) is 24.9 Å². The first-order valence-corrected chi connectivity index (χ1v) is 7.10. The maximum atomic E-state index is 11.9. The SMILES string of the molecule is O=C(CN(CCO)C1CCCC1)NNc1ccccn1. The van der Waals surface area contributed by atoms with Crippen LogP contribution in [-0.4, -0.2) is 46.6 Å². The Morgan fingerprint density at radius 3 is 2.85 bits per heavy atom. The summed E-state index contributed by atoms with van der Waals surface area (Å²) in [5.41, 5.74) is 5.42. The van der Waals surface area contributed by atoms with Crippen molar-refractivity contribution in [2.24, 2.45) is 0 Å². The van der Waals surface area contributed by atoms with E-state index in [0.717, 1.165) is 12.8 Å². The number of nitrogens with one attached hydrogen (secondary N) is 2. The van der Waals surface area contributed by atoms with Crippen LogP contribution in [0.3, 0.4) is 0 Å². The number of hydrogen-bond acceptors (Lipinski definition) is 5. The second kappa shape index (κ2) is 7.81. The van der Waals surface area contributed by atoms with E-state index in [4.69, 9.17) is 5.11 Å². The second-order valence-corrected chi connectivity index (χ2v) is 5.02. The number of hydrazine groups is 1. The molecule has 0 bridgehead atoms. The fraction of sp³-hybridized carbons (Fsp3) is 0.571. The Bertz CT molecular complexity index is 407. The summed E-state index contributed by atoms with van der Waals surface area (Å²) in [4.78, 5) is 18.1. The number of pyridine rings is 1. The molecule has 1 heterocycles. The van der Waals surface area contributed by atoms with Crippen LogP contribution in [0, 0.1) is 0 Å². The summed E-state index contributed by atoms with van der Waals surface area (Å²) < 4.78 is 0. The number of amides is 1. The molecule has 0 saturated heterocycles. The summed E-state index contributed by atoms with van der Waals surface area (Å²) in [7, 11) is 0. The zero-order chi connectivity index (χ0) is 14.2. The number of rotatable bonds is 7. The standard InChI is InChI=1S/C14H22N4O2/c19-10-9-18(12-5-1-2-6-12)11-14(20)17-16-13-7-3-4-8-15-13/h3-4,7-8,12,19H,1-2,5-6,9-11H2,(H,15,16)(H,17,20). The monoisotopic (exact) mass is 278 g/mol. The number of aliphatic hydroxyl groups excluding tert-OH is 1. The van der Waals surface area contributed by atoms with Gasteiger partial charge in [0, 0.05) is 18.8 Å². The molecule has 3 N–H and O–H groups in total. The topological polar surface area (TPSA) is 77.5 Å². The van der Waals surface area contributed by atoms with Crippen molar-refractivity contribution in [1.82, 2.24) is 15.3 Å². The molecule has 2 rings (SSSR count). The van der Waals surface area contributed by atoms with E-state index in [1.807, 2.05) is 12.1 Å². The molecule has 0 radical (unpaired) electrons. The average molecular weight is 278 g/mol. The third-order valence-corrected chi connectivity index (χ3v) is 3.57. The van der Waals surface area contributed by atoms with Gasteiger partial charge in [0.1, 0.15) is 5.82 Å². The van der Waals surface area contributed by atoms with Crippen LogP contribution in [0.1, 0.15) is 25.7 Å². The van der Waals surface area contributed by atoms with Crippen LogP contribution >= 0.6 is 0 Å². The van der Waals surface area contributed by atoms with Gasteiger partial charge in [0.25, 0.3) is 5.91 Å². The van der Waals surface area contributed by atoms with Gasteiger partial charge in [-0.05, 0) is 25.0 Å². The lowest BCUT2D eigenvalue weighted by Gasteiger charge is -2.27. The Labute approximate surface area is 119 Å². The first-order chi connectivity index (χ1) is 9.79. The second-order valence-electron chi connectivity index (χ2n) is 5.02. The molecule has 0 atom stereocenters. The number of carbonyl (C=O) groups is 1. The Kier molecular flexibility index (Phi) is 5.76.